The van der Waals surface area contributed by atoms with Crippen molar-refractivity contribution in [3.8, 4) is 0 Å². The van der Waals surface area contributed by atoms with Gasteiger partial charge in [-0.1, -0.05) is 177 Å². The van der Waals surface area contributed by atoms with Crippen LogP contribution >= 0.6 is 0 Å². The molecule has 0 aromatic carbocycles. The first kappa shape index (κ1) is 49.6. The van der Waals surface area contributed by atoms with Crippen LogP contribution in [-0.2, 0) is 19.1 Å². The summed E-state index contributed by atoms with van der Waals surface area (Å²) in [6.07, 6.45) is 55.9. The number of hydrogen-bond donors (Lipinski definition) is 1. The Labute approximate surface area is 321 Å². The highest BCUT2D eigenvalue weighted by Crippen LogP contribution is 2.14. The van der Waals surface area contributed by atoms with Gasteiger partial charge < -0.3 is 14.6 Å². The van der Waals surface area contributed by atoms with Gasteiger partial charge in [-0.25, -0.2) is 0 Å². The van der Waals surface area contributed by atoms with E-state index in [0.717, 1.165) is 83.5 Å². The lowest BCUT2D eigenvalue weighted by molar-refractivity contribution is -0.161. The van der Waals surface area contributed by atoms with Crippen LogP contribution in [0.25, 0.3) is 0 Å². The van der Waals surface area contributed by atoms with Crippen LogP contribution in [0, 0.1) is 0 Å². The Bertz CT molecular complexity index is 915. The minimum atomic E-state index is -0.798. The van der Waals surface area contributed by atoms with Gasteiger partial charge in [-0.15, -0.1) is 0 Å². The van der Waals surface area contributed by atoms with E-state index in [1.807, 2.05) is 0 Å². The minimum absolute atomic E-state index is 0.0954. The fourth-order valence-electron chi connectivity index (χ4n) is 6.00. The largest absolute Gasteiger partial charge is 0.462 e. The van der Waals surface area contributed by atoms with Crippen molar-refractivity contribution >= 4 is 11.9 Å². The molecule has 0 spiro atoms. The zero-order valence-corrected chi connectivity index (χ0v) is 34.1. The van der Waals surface area contributed by atoms with Crippen molar-refractivity contribution in [3.63, 3.8) is 0 Å². The third kappa shape index (κ3) is 40.4. The van der Waals surface area contributed by atoms with Gasteiger partial charge in [0.25, 0.3) is 0 Å². The van der Waals surface area contributed by atoms with Crippen molar-refractivity contribution < 1.29 is 24.2 Å². The molecule has 0 rings (SSSR count). The molecule has 5 nitrogen and oxygen atoms in total. The summed E-state index contributed by atoms with van der Waals surface area (Å²) in [5.74, 6) is -0.661. The Morgan fingerprint density at radius 1 is 0.462 bits per heavy atom. The van der Waals surface area contributed by atoms with Crippen LogP contribution in [0.5, 0.6) is 0 Å². The third-order valence-corrected chi connectivity index (χ3v) is 9.27. The molecule has 0 fully saturated rings. The quantitative estimate of drug-likeness (QED) is 0.0388. The van der Waals surface area contributed by atoms with Crippen LogP contribution in [0.15, 0.2) is 60.8 Å². The highest BCUT2D eigenvalue weighted by molar-refractivity contribution is 5.70. The molecule has 0 aliphatic rings. The van der Waals surface area contributed by atoms with Gasteiger partial charge in [0.15, 0.2) is 6.10 Å². The molecule has 0 unspecified atom stereocenters. The smallest absolute Gasteiger partial charge is 0.306 e. The monoisotopic (exact) mass is 727 g/mol. The highest BCUT2D eigenvalue weighted by atomic mass is 16.6. The topological polar surface area (TPSA) is 72.8 Å². The second-order valence-electron chi connectivity index (χ2n) is 14.4. The standard InChI is InChI=1S/C47H82O5/c1-3-5-7-9-11-13-15-17-19-20-21-22-23-24-25-26-28-29-31-33-35-37-39-41-46(49)51-44-45(43-48)52-47(50)42-40-38-36-34-32-30-27-18-16-14-12-10-8-6-4-2/h6,8,12,14,18,26-28,33,35,45,48H,3-5,7,9-11,13,15-17,19-25,29-32,34,36-44H2,1-2H3/b8-6+,14-12+,27-18+,28-26+,35-33+/t45-/m0/s1. The van der Waals surface area contributed by atoms with E-state index in [2.05, 4.69) is 74.6 Å². The van der Waals surface area contributed by atoms with E-state index in [0.29, 0.717) is 12.8 Å². The summed E-state index contributed by atoms with van der Waals surface area (Å²) >= 11 is 0. The number of carbonyl (C=O) groups is 2. The van der Waals surface area contributed by atoms with Crippen LogP contribution in [-0.4, -0.2) is 36.4 Å². The molecule has 5 heteroatoms. The summed E-state index contributed by atoms with van der Waals surface area (Å²) < 4.78 is 10.6. The number of aliphatic hydroxyl groups excluding tert-OH is 1. The molecule has 52 heavy (non-hydrogen) atoms. The maximum Gasteiger partial charge on any atom is 0.306 e. The first-order valence-corrected chi connectivity index (χ1v) is 21.8. The molecule has 0 aliphatic carbocycles. The van der Waals surface area contributed by atoms with Gasteiger partial charge in [-0.2, -0.15) is 0 Å². The van der Waals surface area contributed by atoms with Crippen LogP contribution in [0.2, 0.25) is 0 Å². The molecule has 0 aromatic heterocycles. The molecule has 0 amide bonds. The number of rotatable bonds is 39. The average Bonchev–Trinajstić information content (AvgIpc) is 3.15. The van der Waals surface area contributed by atoms with Crippen molar-refractivity contribution in [3.05, 3.63) is 60.8 Å². The normalized spacial score (nSPS) is 12.8. The molecule has 300 valence electrons. The van der Waals surface area contributed by atoms with E-state index >= 15 is 0 Å². The van der Waals surface area contributed by atoms with E-state index in [4.69, 9.17) is 9.47 Å². The first-order valence-electron chi connectivity index (χ1n) is 21.8. The van der Waals surface area contributed by atoms with Gasteiger partial charge in [0.1, 0.15) is 6.61 Å². The molecule has 0 radical (unpaired) electrons. The fraction of sp³-hybridized carbons (Fsp3) is 0.745. The number of hydrogen-bond acceptors (Lipinski definition) is 5. The maximum absolute atomic E-state index is 12.2. The summed E-state index contributed by atoms with van der Waals surface area (Å²) in [5.41, 5.74) is 0. The molecule has 0 bridgehead atoms. The van der Waals surface area contributed by atoms with E-state index in [9.17, 15) is 14.7 Å². The van der Waals surface area contributed by atoms with Gasteiger partial charge in [0, 0.05) is 12.8 Å². The Morgan fingerprint density at radius 3 is 1.38 bits per heavy atom. The van der Waals surface area contributed by atoms with Crippen LogP contribution in [0.1, 0.15) is 206 Å². The van der Waals surface area contributed by atoms with E-state index in [1.54, 1.807) is 0 Å². The highest BCUT2D eigenvalue weighted by Gasteiger charge is 2.16. The van der Waals surface area contributed by atoms with Gasteiger partial charge in [0.05, 0.1) is 6.61 Å². The SMILES string of the molecule is CC/C=C/C/C=C/C/C=C/CCCCCCCC(=O)O[C@@H](CO)COC(=O)CCC/C=C/CC/C=C/CCCCCCCCCCCCCCCC. The molecule has 0 heterocycles. The van der Waals surface area contributed by atoms with Gasteiger partial charge >= 0.3 is 11.9 Å². The summed E-state index contributed by atoms with van der Waals surface area (Å²) in [6.45, 7) is 3.98. The molecule has 0 saturated carbocycles. The fourth-order valence-corrected chi connectivity index (χ4v) is 6.00. The zero-order chi connectivity index (χ0) is 37.8. The molecule has 1 N–H and O–H groups in total. The molecule has 1 atom stereocenters. The number of esters is 2. The van der Waals surface area contributed by atoms with Gasteiger partial charge in [-0.3, -0.25) is 9.59 Å². The van der Waals surface area contributed by atoms with E-state index in [-0.39, 0.29) is 25.2 Å². The summed E-state index contributed by atoms with van der Waals surface area (Å²) in [5, 5.41) is 9.56. The van der Waals surface area contributed by atoms with E-state index < -0.39 is 6.10 Å². The lowest BCUT2D eigenvalue weighted by Gasteiger charge is -2.15. The molecule has 0 saturated heterocycles. The van der Waals surface area contributed by atoms with E-state index in [1.165, 1.54) is 96.3 Å². The number of aliphatic hydroxyl groups is 1. The minimum Gasteiger partial charge on any atom is -0.462 e. The lowest BCUT2D eigenvalue weighted by Crippen LogP contribution is -2.28. The Hall–Kier alpha value is -2.40. The number of allylic oxidation sites excluding steroid dienone is 10. The Kier molecular flexibility index (Phi) is 41.0. The molecular weight excluding hydrogens is 645 g/mol. The molecule has 0 aromatic rings. The number of unbranched alkanes of at least 4 members (excludes halogenated alkanes) is 21. The molecular formula is C47H82O5. The summed E-state index contributed by atoms with van der Waals surface area (Å²) in [6, 6.07) is 0. The lowest BCUT2D eigenvalue weighted by atomic mass is 10.0. The van der Waals surface area contributed by atoms with Gasteiger partial charge in [-0.05, 0) is 77.0 Å². The number of ether oxygens (including phenoxy) is 2. The summed E-state index contributed by atoms with van der Waals surface area (Å²) in [4.78, 5) is 24.3. The van der Waals surface area contributed by atoms with Crippen molar-refractivity contribution in [2.45, 2.75) is 213 Å². The Morgan fingerprint density at radius 2 is 0.865 bits per heavy atom. The van der Waals surface area contributed by atoms with Crippen LogP contribution in [0.4, 0.5) is 0 Å². The first-order chi connectivity index (χ1) is 25.6. The second kappa shape index (κ2) is 43.0. The average molecular weight is 727 g/mol. The number of carbonyl (C=O) groups excluding carboxylic acids is 2. The third-order valence-electron chi connectivity index (χ3n) is 9.27. The zero-order valence-electron chi connectivity index (χ0n) is 34.1. The van der Waals surface area contributed by atoms with Crippen molar-refractivity contribution in [2.75, 3.05) is 13.2 Å². The van der Waals surface area contributed by atoms with Crippen LogP contribution < -0.4 is 0 Å². The van der Waals surface area contributed by atoms with Gasteiger partial charge in [0.2, 0.25) is 0 Å². The molecule has 0 aliphatic heterocycles. The predicted molar refractivity (Wildman–Crippen MR) is 223 cm³/mol. The second-order valence-corrected chi connectivity index (χ2v) is 14.4. The van der Waals surface area contributed by atoms with Crippen molar-refractivity contribution in [1.82, 2.24) is 0 Å². The van der Waals surface area contributed by atoms with Crippen LogP contribution in [0.3, 0.4) is 0 Å². The Balaban J connectivity index is 3.60. The van der Waals surface area contributed by atoms with Crippen molar-refractivity contribution in [1.29, 1.82) is 0 Å². The van der Waals surface area contributed by atoms with Crippen molar-refractivity contribution in [2.24, 2.45) is 0 Å². The predicted octanol–water partition coefficient (Wildman–Crippen LogP) is 14.0. The maximum atomic E-state index is 12.2. The summed E-state index contributed by atoms with van der Waals surface area (Å²) in [7, 11) is 0.